The largest absolute Gasteiger partial charge is 0.238 e. The zero-order chi connectivity index (χ0) is 11.7. The molecule has 3 aromatic rings. The zero-order valence-corrected chi connectivity index (χ0v) is 9.67. The van der Waals surface area contributed by atoms with Crippen LogP contribution in [0.5, 0.6) is 0 Å². The van der Waals surface area contributed by atoms with Crippen LogP contribution < -0.4 is 4.68 Å². The number of fused-ring (bicyclic) bond motifs is 1. The summed E-state index contributed by atoms with van der Waals surface area (Å²) in [6.45, 7) is 2.09. The molecular formula is C15H13N2+. The molecule has 0 aliphatic rings. The lowest BCUT2D eigenvalue weighted by Crippen LogP contribution is -2.34. The molecule has 0 unspecified atom stereocenters. The summed E-state index contributed by atoms with van der Waals surface area (Å²) in [5, 5.41) is 6.78. The first-order chi connectivity index (χ1) is 8.33. The van der Waals surface area contributed by atoms with Gasteiger partial charge < -0.3 is 0 Å². The van der Waals surface area contributed by atoms with E-state index in [0.29, 0.717) is 0 Å². The quantitative estimate of drug-likeness (QED) is 0.577. The maximum Gasteiger partial charge on any atom is 0.238 e. The Bertz CT molecular complexity index is 657. The molecule has 0 N–H and O–H groups in total. The van der Waals surface area contributed by atoms with Crippen LogP contribution in [-0.2, 0) is 0 Å². The lowest BCUT2D eigenvalue weighted by atomic mass is 10.2. The fourth-order valence-electron chi connectivity index (χ4n) is 1.87. The van der Waals surface area contributed by atoms with Gasteiger partial charge in [0.05, 0.1) is 5.39 Å². The van der Waals surface area contributed by atoms with Crippen molar-refractivity contribution in [1.82, 2.24) is 5.10 Å². The summed E-state index contributed by atoms with van der Waals surface area (Å²) < 4.78 is 1.90. The van der Waals surface area contributed by atoms with Crippen molar-refractivity contribution in [2.75, 3.05) is 0 Å². The van der Waals surface area contributed by atoms with Gasteiger partial charge in [-0.15, -0.1) is 0 Å². The molecule has 2 aromatic carbocycles. The smallest absolute Gasteiger partial charge is 0.0616 e. The van der Waals surface area contributed by atoms with Crippen molar-refractivity contribution < 1.29 is 4.68 Å². The molecule has 1 heterocycles. The van der Waals surface area contributed by atoms with Gasteiger partial charge in [-0.3, -0.25) is 0 Å². The fraction of sp³-hybridized carbons (Fsp3) is 0.0667. The number of aromatic nitrogens is 2. The van der Waals surface area contributed by atoms with Crippen LogP contribution in [0.2, 0.25) is 0 Å². The van der Waals surface area contributed by atoms with Gasteiger partial charge in [-0.05, 0) is 18.1 Å². The molecule has 0 radical (unpaired) electrons. The molecule has 0 saturated carbocycles. The van der Waals surface area contributed by atoms with E-state index < -0.39 is 0 Å². The maximum absolute atomic E-state index is 4.42. The third-order valence-electron chi connectivity index (χ3n) is 2.88. The summed E-state index contributed by atoms with van der Waals surface area (Å²) in [7, 11) is 0. The van der Waals surface area contributed by atoms with Gasteiger partial charge in [0.1, 0.15) is 6.20 Å². The van der Waals surface area contributed by atoms with E-state index in [1.807, 2.05) is 23.0 Å². The molecule has 1 aromatic heterocycles. The highest BCUT2D eigenvalue weighted by molar-refractivity contribution is 5.79. The Balaban J connectivity index is 2.14. The minimum Gasteiger partial charge on any atom is -0.0616 e. The average Bonchev–Trinajstić information content (AvgIpc) is 2.39. The van der Waals surface area contributed by atoms with Crippen molar-refractivity contribution >= 4 is 10.8 Å². The Morgan fingerprint density at radius 1 is 0.882 bits per heavy atom. The standard InChI is InChI=1S/C15H13N2/c1-12-6-8-15(9-7-12)17-11-14-5-3-2-4-13(14)10-16-17/h2-11H,1H3/q+1. The summed E-state index contributed by atoms with van der Waals surface area (Å²) in [5.74, 6) is 0. The molecule has 0 amide bonds. The second-order valence-electron chi connectivity index (χ2n) is 4.18. The minimum absolute atomic E-state index is 1.08. The summed E-state index contributed by atoms with van der Waals surface area (Å²) in [5.41, 5.74) is 2.34. The second kappa shape index (κ2) is 3.98. The molecule has 82 valence electrons. The monoisotopic (exact) mass is 221 g/mol. The Hall–Kier alpha value is -2.22. The van der Waals surface area contributed by atoms with Gasteiger partial charge in [0.2, 0.25) is 11.9 Å². The van der Waals surface area contributed by atoms with E-state index in [-0.39, 0.29) is 0 Å². The van der Waals surface area contributed by atoms with E-state index >= 15 is 0 Å². The molecule has 0 fully saturated rings. The molecule has 0 aliphatic carbocycles. The molecule has 17 heavy (non-hydrogen) atoms. The number of hydrogen-bond donors (Lipinski definition) is 0. The van der Waals surface area contributed by atoms with E-state index in [0.717, 1.165) is 11.1 Å². The van der Waals surface area contributed by atoms with Crippen LogP contribution in [0.3, 0.4) is 0 Å². The van der Waals surface area contributed by atoms with E-state index in [4.69, 9.17) is 0 Å². The Morgan fingerprint density at radius 2 is 1.59 bits per heavy atom. The van der Waals surface area contributed by atoms with E-state index in [1.165, 1.54) is 10.9 Å². The number of benzene rings is 2. The van der Waals surface area contributed by atoms with Crippen molar-refractivity contribution in [3.8, 4) is 5.69 Å². The highest BCUT2D eigenvalue weighted by atomic mass is 15.3. The van der Waals surface area contributed by atoms with Crippen LogP contribution in [0.1, 0.15) is 5.56 Å². The molecule has 0 spiro atoms. The van der Waals surface area contributed by atoms with Gasteiger partial charge in [-0.25, -0.2) is 0 Å². The molecule has 3 rings (SSSR count). The Kier molecular flexibility index (Phi) is 2.33. The van der Waals surface area contributed by atoms with Crippen LogP contribution in [0.4, 0.5) is 0 Å². The van der Waals surface area contributed by atoms with E-state index in [2.05, 4.69) is 54.6 Å². The molecular weight excluding hydrogens is 208 g/mol. The molecule has 0 bridgehead atoms. The minimum atomic E-state index is 1.08. The fourth-order valence-corrected chi connectivity index (χ4v) is 1.87. The summed E-state index contributed by atoms with van der Waals surface area (Å²) in [6, 6.07) is 16.6. The molecule has 0 atom stereocenters. The van der Waals surface area contributed by atoms with E-state index in [1.54, 1.807) is 0 Å². The highest BCUT2D eigenvalue weighted by Gasteiger charge is 2.08. The van der Waals surface area contributed by atoms with Crippen LogP contribution in [0, 0.1) is 6.92 Å². The van der Waals surface area contributed by atoms with Gasteiger partial charge in [0, 0.05) is 17.5 Å². The third-order valence-corrected chi connectivity index (χ3v) is 2.88. The van der Waals surface area contributed by atoms with Gasteiger partial charge in [-0.1, -0.05) is 40.6 Å². The zero-order valence-electron chi connectivity index (χ0n) is 9.67. The Morgan fingerprint density at radius 3 is 2.35 bits per heavy atom. The number of rotatable bonds is 1. The molecule has 2 heteroatoms. The van der Waals surface area contributed by atoms with Crippen LogP contribution in [0.15, 0.2) is 60.9 Å². The van der Waals surface area contributed by atoms with Crippen molar-refractivity contribution in [1.29, 1.82) is 0 Å². The van der Waals surface area contributed by atoms with Gasteiger partial charge in [-0.2, -0.15) is 0 Å². The lowest BCUT2D eigenvalue weighted by molar-refractivity contribution is -0.658. The first-order valence-electron chi connectivity index (χ1n) is 5.67. The highest BCUT2D eigenvalue weighted by Crippen LogP contribution is 2.10. The number of hydrogen-bond acceptors (Lipinski definition) is 1. The predicted molar refractivity (Wildman–Crippen MR) is 68.0 cm³/mol. The van der Waals surface area contributed by atoms with Crippen molar-refractivity contribution in [2.45, 2.75) is 6.92 Å². The second-order valence-corrected chi connectivity index (χ2v) is 4.18. The van der Waals surface area contributed by atoms with E-state index in [9.17, 15) is 0 Å². The first-order valence-corrected chi connectivity index (χ1v) is 5.67. The lowest BCUT2D eigenvalue weighted by Gasteiger charge is -1.96. The maximum atomic E-state index is 4.42. The van der Waals surface area contributed by atoms with Gasteiger partial charge >= 0.3 is 0 Å². The molecule has 2 nitrogen and oxygen atoms in total. The Labute approximate surface area is 100 Å². The average molecular weight is 221 g/mol. The SMILES string of the molecule is Cc1ccc(-[n+]2cc3ccccc3cn2)cc1. The van der Waals surface area contributed by atoms with Gasteiger partial charge in [0.15, 0.2) is 0 Å². The number of nitrogens with zero attached hydrogens (tertiary/aromatic N) is 2. The summed E-state index contributed by atoms with van der Waals surface area (Å²) in [4.78, 5) is 0. The summed E-state index contributed by atoms with van der Waals surface area (Å²) >= 11 is 0. The topological polar surface area (TPSA) is 16.8 Å². The van der Waals surface area contributed by atoms with Crippen LogP contribution in [0.25, 0.3) is 16.5 Å². The van der Waals surface area contributed by atoms with Gasteiger partial charge in [0.25, 0.3) is 0 Å². The molecule has 0 aliphatic heterocycles. The third kappa shape index (κ3) is 1.89. The predicted octanol–water partition coefficient (Wildman–Crippen LogP) is 2.82. The van der Waals surface area contributed by atoms with Crippen molar-refractivity contribution in [3.05, 3.63) is 66.5 Å². The van der Waals surface area contributed by atoms with Crippen molar-refractivity contribution in [3.63, 3.8) is 0 Å². The van der Waals surface area contributed by atoms with Crippen molar-refractivity contribution in [2.24, 2.45) is 0 Å². The van der Waals surface area contributed by atoms with Crippen LogP contribution >= 0.6 is 0 Å². The normalized spacial score (nSPS) is 10.6. The molecule has 0 saturated heterocycles. The summed E-state index contributed by atoms with van der Waals surface area (Å²) in [6.07, 6.45) is 3.95. The van der Waals surface area contributed by atoms with Crippen LogP contribution in [-0.4, -0.2) is 5.10 Å². The first kappa shape index (κ1) is 9.97. The number of aryl methyl sites for hydroxylation is 1.